The Bertz CT molecular complexity index is 2190. The number of oxime groups is 1. The molecular formula is C32H31FN8O10S2. The summed E-state index contributed by atoms with van der Waals surface area (Å²) in [5.41, 5.74) is 4.88. The number of hydrogen-bond donors (Lipinski definition) is 4. The summed E-state index contributed by atoms with van der Waals surface area (Å²) in [4.78, 5) is 89.0. The largest absolute Gasteiger partial charge is 0.477 e. The van der Waals surface area contributed by atoms with Gasteiger partial charge >= 0.3 is 18.0 Å². The van der Waals surface area contributed by atoms with Crippen molar-refractivity contribution in [3.63, 3.8) is 0 Å². The van der Waals surface area contributed by atoms with Crippen molar-refractivity contribution in [2.75, 3.05) is 56.3 Å². The summed E-state index contributed by atoms with van der Waals surface area (Å²) in [5.74, 6) is -4.85. The molecule has 0 spiro atoms. The first kappa shape index (κ1) is 35.7. The zero-order valence-corrected chi connectivity index (χ0v) is 29.4. The van der Waals surface area contributed by atoms with Gasteiger partial charge in [-0.15, -0.1) is 23.1 Å². The molecular weight excluding hydrogens is 740 g/mol. The second-order valence-electron chi connectivity index (χ2n) is 12.5. The maximum Gasteiger partial charge on any atom is 0.410 e. The number of anilines is 2. The summed E-state index contributed by atoms with van der Waals surface area (Å²) in [6.45, 7) is 0.286. The number of amides is 3. The second-order valence-corrected chi connectivity index (χ2v) is 14.5. The number of thiazole rings is 1. The van der Waals surface area contributed by atoms with E-state index in [4.69, 9.17) is 15.3 Å². The van der Waals surface area contributed by atoms with E-state index in [2.05, 4.69) is 15.5 Å². The van der Waals surface area contributed by atoms with Crippen LogP contribution in [0, 0.1) is 5.82 Å². The number of carboxylic acids is 2. The van der Waals surface area contributed by atoms with E-state index in [0.29, 0.717) is 5.52 Å². The van der Waals surface area contributed by atoms with Crippen LogP contribution in [0.4, 0.5) is 20.0 Å². The number of thioether (sulfide) groups is 1. The van der Waals surface area contributed by atoms with Crippen molar-refractivity contribution in [2.45, 2.75) is 30.3 Å². The van der Waals surface area contributed by atoms with Crippen LogP contribution in [0.5, 0.6) is 0 Å². The summed E-state index contributed by atoms with van der Waals surface area (Å²) in [6, 6.07) is 1.53. The Morgan fingerprint density at radius 1 is 1.11 bits per heavy atom. The number of carbonyl (C=O) groups is 5. The number of carbonyl (C=O) groups excluding carboxylic acids is 3. The van der Waals surface area contributed by atoms with Crippen LogP contribution in [0.25, 0.3) is 10.9 Å². The van der Waals surface area contributed by atoms with Crippen molar-refractivity contribution in [1.29, 1.82) is 0 Å². The SMILES string of the molecule is CO/N=C(/C(=O)N[C@H]1C(=O)N2C(C(=O)O)=C(COC(=O)N3CCN(c4cc5c(cc4F)c(=O)c(C(=O)O)cn5C4CC4)CC3)CS[C@@H]12)c1csc(N)n1. The van der Waals surface area contributed by atoms with Gasteiger partial charge in [0.25, 0.3) is 11.8 Å². The number of nitrogen functional groups attached to an aromatic ring is 1. The number of nitrogens with one attached hydrogen (secondary N) is 1. The van der Waals surface area contributed by atoms with Crippen LogP contribution in [0.2, 0.25) is 0 Å². The molecule has 3 amide bonds. The van der Waals surface area contributed by atoms with Crippen molar-refractivity contribution in [3.05, 3.63) is 62.3 Å². The maximum absolute atomic E-state index is 15.4. The van der Waals surface area contributed by atoms with E-state index in [1.807, 2.05) is 0 Å². The van der Waals surface area contributed by atoms with E-state index in [0.717, 1.165) is 35.1 Å². The Labute approximate surface area is 306 Å². The van der Waals surface area contributed by atoms with Crippen molar-refractivity contribution in [2.24, 2.45) is 5.16 Å². The van der Waals surface area contributed by atoms with Gasteiger partial charge in [-0.2, -0.15) is 0 Å². The minimum atomic E-state index is -1.41. The average molecular weight is 771 g/mol. The van der Waals surface area contributed by atoms with Crippen LogP contribution in [-0.4, -0.2) is 122 Å². The van der Waals surface area contributed by atoms with Crippen LogP contribution in [-0.2, 0) is 24.0 Å². The molecule has 2 aromatic heterocycles. The van der Waals surface area contributed by atoms with Gasteiger partial charge in [0.1, 0.15) is 47.9 Å². The lowest BCUT2D eigenvalue weighted by Crippen LogP contribution is -2.71. The number of ether oxygens (including phenoxy) is 1. The molecule has 3 aromatic rings. The van der Waals surface area contributed by atoms with Gasteiger partial charge in [0.05, 0.1) is 11.2 Å². The van der Waals surface area contributed by atoms with Gasteiger partial charge in [-0.3, -0.25) is 19.3 Å². The second kappa shape index (κ2) is 14.0. The van der Waals surface area contributed by atoms with Crippen LogP contribution in [0.15, 0.2) is 44.9 Å². The summed E-state index contributed by atoms with van der Waals surface area (Å²) in [7, 11) is 1.23. The van der Waals surface area contributed by atoms with Crippen LogP contribution in [0.3, 0.4) is 0 Å². The molecule has 0 unspecified atom stereocenters. The lowest BCUT2D eigenvalue weighted by atomic mass is 10.0. The molecule has 2 saturated heterocycles. The summed E-state index contributed by atoms with van der Waals surface area (Å²) < 4.78 is 22.6. The van der Waals surface area contributed by atoms with E-state index in [-0.39, 0.29) is 76.9 Å². The molecule has 1 aromatic carbocycles. The molecule has 4 aliphatic rings. The number of rotatable bonds is 10. The number of aliphatic carboxylic acids is 1. The number of piperazine rings is 1. The first-order chi connectivity index (χ1) is 25.4. The fraction of sp³-hybridized carbons (Fsp3) is 0.375. The van der Waals surface area contributed by atoms with Crippen molar-refractivity contribution in [1.82, 2.24) is 24.7 Å². The first-order valence-corrected chi connectivity index (χ1v) is 18.1. The molecule has 1 aliphatic carbocycles. The number of β-lactam (4-membered cyclic amide) rings is 1. The third kappa shape index (κ3) is 6.60. The van der Waals surface area contributed by atoms with Crippen LogP contribution in [0.1, 0.15) is 34.9 Å². The van der Waals surface area contributed by atoms with E-state index >= 15 is 4.39 Å². The fourth-order valence-corrected chi connectivity index (χ4v) is 8.35. The molecule has 18 nitrogen and oxygen atoms in total. The molecule has 7 rings (SSSR count). The van der Waals surface area contributed by atoms with Gasteiger partial charge in [-0.05, 0) is 25.0 Å². The predicted octanol–water partition coefficient (Wildman–Crippen LogP) is 1.26. The zero-order valence-electron chi connectivity index (χ0n) is 27.8. The van der Waals surface area contributed by atoms with Crippen LogP contribution < -0.4 is 21.4 Å². The smallest absolute Gasteiger partial charge is 0.410 e. The lowest BCUT2D eigenvalue weighted by molar-refractivity contribution is -0.150. The number of pyridine rings is 1. The highest BCUT2D eigenvalue weighted by Gasteiger charge is 2.54. The van der Waals surface area contributed by atoms with Gasteiger partial charge < -0.3 is 45.2 Å². The molecule has 2 atom stereocenters. The molecule has 5 heterocycles. The lowest BCUT2D eigenvalue weighted by Gasteiger charge is -2.49. The Morgan fingerprint density at radius 2 is 1.85 bits per heavy atom. The van der Waals surface area contributed by atoms with Crippen LogP contribution >= 0.6 is 23.1 Å². The number of hydrogen-bond acceptors (Lipinski definition) is 14. The zero-order chi connectivity index (χ0) is 37.7. The molecule has 0 radical (unpaired) electrons. The number of aromatic carboxylic acids is 1. The first-order valence-electron chi connectivity index (χ1n) is 16.2. The molecule has 278 valence electrons. The monoisotopic (exact) mass is 770 g/mol. The molecule has 21 heteroatoms. The third-order valence-corrected chi connectivity index (χ3v) is 11.2. The maximum atomic E-state index is 15.4. The summed E-state index contributed by atoms with van der Waals surface area (Å²) in [5, 5.41) is 26.7. The highest BCUT2D eigenvalue weighted by molar-refractivity contribution is 8.00. The standard InChI is InChI=1S/C32H31FN8O10S2/c1-50-37-22(19-13-53-31(34)35-19)26(43)36-23-27(44)41-24(30(47)48)14(12-52-28(23)41)11-51-32(49)39-6-4-38(5-7-39)21-9-20-16(8-18(21)33)25(42)17(29(45)46)10-40(20)15-2-3-15/h8-10,13,15,23,28H,2-7,11-12H2,1H3,(H2,34,35)(H,36,43)(H,45,46)(H,47,48)/b37-22+/t23-,28-/m0/s1. The van der Waals surface area contributed by atoms with E-state index < -0.39 is 64.7 Å². The van der Waals surface area contributed by atoms with Gasteiger partial charge in [0, 0.05) is 60.5 Å². The van der Waals surface area contributed by atoms with Gasteiger partial charge in [0.2, 0.25) is 5.43 Å². The highest BCUT2D eigenvalue weighted by atomic mass is 32.2. The van der Waals surface area contributed by atoms with E-state index in [1.165, 1.54) is 41.4 Å². The fourth-order valence-electron chi connectivity index (χ4n) is 6.47. The molecule has 1 saturated carbocycles. The van der Waals surface area contributed by atoms with Gasteiger partial charge in [-0.25, -0.2) is 23.8 Å². The topological polar surface area (TPSA) is 239 Å². The number of carboxylic acid groups (broad SMARTS) is 2. The quantitative estimate of drug-likeness (QED) is 0.129. The Balaban J connectivity index is 0.986. The normalized spacial score (nSPS) is 20.2. The molecule has 0 bridgehead atoms. The molecule has 53 heavy (non-hydrogen) atoms. The number of aromatic nitrogens is 2. The molecule has 5 N–H and O–H groups in total. The number of nitrogens with zero attached hydrogens (tertiary/aromatic N) is 6. The highest BCUT2D eigenvalue weighted by Crippen LogP contribution is 2.41. The van der Waals surface area contributed by atoms with E-state index in [1.54, 1.807) is 9.47 Å². The molecule has 3 aliphatic heterocycles. The minimum absolute atomic E-state index is 0.0112. The summed E-state index contributed by atoms with van der Waals surface area (Å²) in [6.07, 6.45) is 2.18. The van der Waals surface area contributed by atoms with Gasteiger partial charge in [-0.1, -0.05) is 5.16 Å². The van der Waals surface area contributed by atoms with E-state index in [9.17, 15) is 39.0 Å². The number of fused-ring (bicyclic) bond motifs is 2. The number of benzene rings is 1. The third-order valence-electron chi connectivity index (χ3n) is 9.22. The van der Waals surface area contributed by atoms with Crippen molar-refractivity contribution >= 4 is 80.4 Å². The Hall–Kier alpha value is -5.70. The molecule has 3 fully saturated rings. The Kier molecular flexibility index (Phi) is 9.45. The number of nitrogens with two attached hydrogens (primary N) is 1. The minimum Gasteiger partial charge on any atom is -0.477 e. The van der Waals surface area contributed by atoms with Crippen molar-refractivity contribution in [3.8, 4) is 0 Å². The predicted molar refractivity (Wildman–Crippen MR) is 188 cm³/mol. The van der Waals surface area contributed by atoms with Gasteiger partial charge in [0.15, 0.2) is 10.8 Å². The summed E-state index contributed by atoms with van der Waals surface area (Å²) >= 11 is 2.26. The number of halogens is 1. The Morgan fingerprint density at radius 3 is 2.47 bits per heavy atom. The average Bonchev–Trinajstić information content (AvgIpc) is 3.90. The van der Waals surface area contributed by atoms with Crippen molar-refractivity contribution < 1.29 is 48.2 Å².